The highest BCUT2D eigenvalue weighted by Crippen LogP contribution is 2.87. The van der Waals surface area contributed by atoms with E-state index in [1.54, 1.807) is 0 Å². The molecule has 6 aliphatic carbocycles. The largest absolute Gasteiger partial charge is 0.466 e. The van der Waals surface area contributed by atoms with Crippen LogP contribution in [0.3, 0.4) is 0 Å². The molecule has 122 valence electrons. The summed E-state index contributed by atoms with van der Waals surface area (Å²) >= 11 is 0. The Morgan fingerprint density at radius 3 is 1.83 bits per heavy atom. The predicted molar refractivity (Wildman–Crippen MR) is 77.0 cm³/mol. The summed E-state index contributed by atoms with van der Waals surface area (Å²) in [5.41, 5.74) is 0.780. The Balaban J connectivity index is 1.55. The molecule has 0 aromatic rings. The smallest absolute Gasteiger partial charge is 0.334 e. The van der Waals surface area contributed by atoms with E-state index in [4.69, 9.17) is 14.2 Å². The number of esters is 2. The molecule has 7 rings (SSSR count). The van der Waals surface area contributed by atoms with Crippen molar-refractivity contribution in [2.75, 3.05) is 14.2 Å². The van der Waals surface area contributed by atoms with Gasteiger partial charge in [0.15, 0.2) is 0 Å². The fraction of sp³-hybridized carbons (Fsp3) is 0.778. The van der Waals surface area contributed by atoms with E-state index in [9.17, 15) is 9.59 Å². The minimum Gasteiger partial charge on any atom is -0.466 e. The van der Waals surface area contributed by atoms with Crippen molar-refractivity contribution >= 4 is 11.9 Å². The van der Waals surface area contributed by atoms with Gasteiger partial charge in [0.2, 0.25) is 0 Å². The highest BCUT2D eigenvalue weighted by atomic mass is 16.6. The van der Waals surface area contributed by atoms with E-state index in [1.807, 2.05) is 0 Å². The van der Waals surface area contributed by atoms with Gasteiger partial charge in [-0.1, -0.05) is 0 Å². The van der Waals surface area contributed by atoms with Gasteiger partial charge in [-0.3, -0.25) is 0 Å². The van der Waals surface area contributed by atoms with E-state index in [2.05, 4.69) is 0 Å². The molecule has 0 spiro atoms. The van der Waals surface area contributed by atoms with Crippen LogP contribution < -0.4 is 0 Å². The first-order valence-electron chi connectivity index (χ1n) is 8.72. The average molecular weight is 316 g/mol. The number of carbonyl (C=O) groups excluding carboxylic acids is 2. The topological polar surface area (TPSA) is 65.1 Å². The number of fused-ring (bicyclic) bond motifs is 3. The van der Waals surface area contributed by atoms with Gasteiger partial charge in [0.1, 0.15) is 11.2 Å². The summed E-state index contributed by atoms with van der Waals surface area (Å²) in [6, 6.07) is 0. The zero-order chi connectivity index (χ0) is 15.7. The molecule has 0 aromatic carbocycles. The highest BCUT2D eigenvalue weighted by Gasteiger charge is 2.94. The summed E-state index contributed by atoms with van der Waals surface area (Å²) < 4.78 is 16.6. The number of epoxide rings is 1. The van der Waals surface area contributed by atoms with Gasteiger partial charge >= 0.3 is 11.9 Å². The number of hydrogen-bond acceptors (Lipinski definition) is 5. The van der Waals surface area contributed by atoms with Crippen LogP contribution in [0.25, 0.3) is 0 Å². The van der Waals surface area contributed by atoms with E-state index in [1.165, 1.54) is 33.5 Å². The molecule has 8 atom stereocenters. The van der Waals surface area contributed by atoms with Crippen molar-refractivity contribution in [1.29, 1.82) is 0 Å². The van der Waals surface area contributed by atoms with Crippen LogP contribution in [0.1, 0.15) is 25.7 Å². The lowest BCUT2D eigenvalue weighted by Crippen LogP contribution is -2.54. The van der Waals surface area contributed by atoms with Crippen molar-refractivity contribution in [1.82, 2.24) is 0 Å². The molecule has 6 fully saturated rings. The van der Waals surface area contributed by atoms with Crippen LogP contribution >= 0.6 is 0 Å². The second-order valence-electron chi connectivity index (χ2n) is 8.19. The van der Waals surface area contributed by atoms with E-state index < -0.39 is 0 Å². The molecule has 4 bridgehead atoms. The molecule has 5 heteroatoms. The van der Waals surface area contributed by atoms with E-state index in [0.29, 0.717) is 23.0 Å². The maximum Gasteiger partial charge on any atom is 0.334 e. The van der Waals surface area contributed by atoms with Gasteiger partial charge in [0.25, 0.3) is 0 Å². The van der Waals surface area contributed by atoms with Crippen molar-refractivity contribution in [3.8, 4) is 0 Å². The van der Waals surface area contributed by atoms with Gasteiger partial charge in [-0.15, -0.1) is 0 Å². The van der Waals surface area contributed by atoms with Crippen molar-refractivity contribution < 1.29 is 23.8 Å². The predicted octanol–water partition coefficient (Wildman–Crippen LogP) is 1.46. The molecule has 0 unspecified atom stereocenters. The van der Waals surface area contributed by atoms with E-state index >= 15 is 0 Å². The Bertz CT molecular complexity index is 654. The maximum absolute atomic E-state index is 12.4. The third-order valence-corrected chi connectivity index (χ3v) is 8.03. The molecule has 5 saturated carbocycles. The zero-order valence-corrected chi connectivity index (χ0v) is 13.3. The molecule has 1 saturated heterocycles. The third-order valence-electron chi connectivity index (χ3n) is 8.03. The van der Waals surface area contributed by atoms with Crippen molar-refractivity contribution in [2.24, 2.45) is 35.5 Å². The summed E-state index contributed by atoms with van der Waals surface area (Å²) in [6.07, 6.45) is 4.63. The lowest BCUT2D eigenvalue weighted by atomic mass is 9.54. The van der Waals surface area contributed by atoms with Gasteiger partial charge in [0.05, 0.1) is 25.4 Å². The summed E-state index contributed by atoms with van der Waals surface area (Å²) in [4.78, 5) is 24.8. The standard InChI is InChI=1S/C18H20O5/c1-21-15(19)13-11-6-12(14(13)16(20)22-2)18-10-4-3-9(7-5-8(7)10)17(11,18)23-18/h7-12H,3-6H2,1-2H3/t7-,8-,9+,10+,11-,12-,17+,18+/m1/s1. The molecule has 23 heavy (non-hydrogen) atoms. The molecule has 5 nitrogen and oxygen atoms in total. The maximum atomic E-state index is 12.4. The number of methoxy groups -OCH3 is 2. The Kier molecular flexibility index (Phi) is 1.98. The van der Waals surface area contributed by atoms with Gasteiger partial charge in [-0.2, -0.15) is 0 Å². The van der Waals surface area contributed by atoms with E-state index in [0.717, 1.165) is 18.3 Å². The first kappa shape index (κ1) is 13.0. The summed E-state index contributed by atoms with van der Waals surface area (Å²) in [5, 5.41) is 0. The van der Waals surface area contributed by atoms with Crippen LogP contribution in [0.5, 0.6) is 0 Å². The van der Waals surface area contributed by atoms with E-state index in [-0.39, 0.29) is 35.0 Å². The molecule has 0 radical (unpaired) electrons. The second-order valence-corrected chi connectivity index (χ2v) is 8.19. The number of rotatable bonds is 2. The van der Waals surface area contributed by atoms with Gasteiger partial charge in [-0.25, -0.2) is 9.59 Å². The Morgan fingerprint density at radius 2 is 1.39 bits per heavy atom. The van der Waals surface area contributed by atoms with Crippen LogP contribution in [-0.4, -0.2) is 37.4 Å². The van der Waals surface area contributed by atoms with Crippen molar-refractivity contribution in [3.63, 3.8) is 0 Å². The van der Waals surface area contributed by atoms with Crippen LogP contribution in [0, 0.1) is 35.5 Å². The summed E-state index contributed by atoms with van der Waals surface area (Å²) in [6.45, 7) is 0. The van der Waals surface area contributed by atoms with Crippen LogP contribution in [-0.2, 0) is 23.8 Å². The summed E-state index contributed by atoms with van der Waals surface area (Å²) in [7, 11) is 2.78. The lowest BCUT2D eigenvalue weighted by molar-refractivity contribution is -0.140. The molecule has 1 heterocycles. The fourth-order valence-electron chi connectivity index (χ4n) is 7.55. The molecule has 0 N–H and O–H groups in total. The SMILES string of the molecule is COC(=O)C1=C(C(=O)OC)[C@H]2C[C@H]1[C@]13O[C@@]21[C@H]1CC[C@H]3[C@@H]2C[C@H]21. The Labute approximate surface area is 134 Å². The lowest BCUT2D eigenvalue weighted by Gasteiger charge is -2.45. The third kappa shape index (κ3) is 1.05. The number of carbonyl (C=O) groups is 2. The van der Waals surface area contributed by atoms with Crippen molar-refractivity contribution in [2.45, 2.75) is 36.9 Å². The molecular weight excluding hydrogens is 296 g/mol. The van der Waals surface area contributed by atoms with Crippen LogP contribution in [0.2, 0.25) is 0 Å². The monoisotopic (exact) mass is 316 g/mol. The minimum atomic E-state index is -0.370. The Hall–Kier alpha value is -1.36. The molecule has 0 amide bonds. The first-order valence-corrected chi connectivity index (χ1v) is 8.72. The average Bonchev–Trinajstić information content (AvgIpc) is 3.46. The summed E-state index contributed by atoms with van der Waals surface area (Å²) in [5.74, 6) is 2.06. The quantitative estimate of drug-likeness (QED) is 0.570. The molecule has 0 aromatic heterocycles. The van der Waals surface area contributed by atoms with Gasteiger partial charge in [-0.05, 0) is 49.4 Å². The fourth-order valence-corrected chi connectivity index (χ4v) is 7.55. The van der Waals surface area contributed by atoms with Crippen molar-refractivity contribution in [3.05, 3.63) is 11.1 Å². The first-order chi connectivity index (χ1) is 11.1. The highest BCUT2D eigenvalue weighted by molar-refractivity contribution is 6.03. The van der Waals surface area contributed by atoms with Crippen LogP contribution in [0.15, 0.2) is 11.1 Å². The zero-order valence-electron chi connectivity index (χ0n) is 13.3. The van der Waals surface area contributed by atoms with Gasteiger partial charge in [0, 0.05) is 11.8 Å². The van der Waals surface area contributed by atoms with Crippen LogP contribution in [0.4, 0.5) is 0 Å². The number of ether oxygens (including phenoxy) is 3. The normalized spacial score (nSPS) is 55.9. The molecular formula is C18H20O5. The van der Waals surface area contributed by atoms with Gasteiger partial charge < -0.3 is 14.2 Å². The number of hydrogen-bond donors (Lipinski definition) is 0. The molecule has 7 aliphatic rings. The second kappa shape index (κ2) is 3.51. The Morgan fingerprint density at radius 1 is 0.913 bits per heavy atom. The molecule has 1 aliphatic heterocycles. The minimum absolute atomic E-state index is 0.0309.